The second-order valence-corrected chi connectivity index (χ2v) is 21.6. The Balaban J connectivity index is 0.973. The first kappa shape index (κ1) is 50.9. The normalized spacial score (nSPS) is 17.2. The number of sulfonamides is 1. The first-order valence-electron chi connectivity index (χ1n) is 23.8. The fourth-order valence-corrected chi connectivity index (χ4v) is 10.7. The van der Waals surface area contributed by atoms with Crippen molar-refractivity contribution in [2.75, 3.05) is 83.2 Å². The van der Waals surface area contributed by atoms with E-state index >= 15 is 0 Å². The third-order valence-corrected chi connectivity index (χ3v) is 15.1. The number of hydrogen-bond acceptors (Lipinski definition) is 12. The lowest BCUT2D eigenvalue weighted by Crippen LogP contribution is -2.47. The number of nitro benzene ring substituents is 1. The molecule has 4 heterocycles. The van der Waals surface area contributed by atoms with Crippen molar-refractivity contribution in [1.82, 2.24) is 29.4 Å². The molecule has 71 heavy (non-hydrogen) atoms. The van der Waals surface area contributed by atoms with Crippen LogP contribution in [-0.2, 0) is 21.0 Å². The number of carbonyl (C=O) groups excluding carboxylic acids is 2. The van der Waals surface area contributed by atoms with Crippen LogP contribution < -0.4 is 19.7 Å². The van der Waals surface area contributed by atoms with Crippen LogP contribution in [0, 0.1) is 28.4 Å². The molecule has 0 unspecified atom stereocenters. The zero-order chi connectivity index (χ0) is 50.8. The number of piperidine rings is 1. The second-order valence-electron chi connectivity index (χ2n) is 19.9. The molecule has 0 saturated carbocycles. The number of halogens is 3. The first-order valence-corrected chi connectivity index (χ1v) is 25.2. The van der Waals surface area contributed by atoms with Crippen LogP contribution in [-0.4, -0.2) is 123 Å². The van der Waals surface area contributed by atoms with Crippen molar-refractivity contribution >= 4 is 55.5 Å². The van der Waals surface area contributed by atoms with E-state index < -0.39 is 43.2 Å². The number of likely N-dealkylation sites (N-methyl/N-ethyl adjacent to an activating group) is 1. The van der Waals surface area contributed by atoms with E-state index in [1.807, 2.05) is 30.0 Å². The molecule has 2 fully saturated rings. The molecular weight excluding hydrogens is 940 g/mol. The summed E-state index contributed by atoms with van der Waals surface area (Å²) in [6, 6.07) is 15.9. The van der Waals surface area contributed by atoms with E-state index in [0.29, 0.717) is 88.7 Å². The minimum Gasteiger partial charge on any atom is -0.455 e. The minimum atomic E-state index is -4.65. The Hall–Kier alpha value is -6.51. The molecule has 1 aliphatic carbocycles. The average molecular weight is 1000 g/mol. The number of ether oxygens (including phenoxy) is 1. The van der Waals surface area contributed by atoms with Gasteiger partial charge >= 0.3 is 6.18 Å². The lowest BCUT2D eigenvalue weighted by Gasteiger charge is -2.39. The number of allylic oxidation sites excluding steroid dienone is 1. The quantitative estimate of drug-likeness (QED) is 0.0670. The highest BCUT2D eigenvalue weighted by molar-refractivity contribution is 7.90. The standard InChI is InChI=1S/C51H60F3N9O7S/c1-33-24-37(51(52,53)54)6-9-41(33)43-28-50(2,3)16-12-36(43)31-60-20-22-61(23-21-60)38-7-10-42(46(26-38)70-39-25-35-13-17-55-48(35)57-30-39)49(65)58-71(68,69)40-8-11-44(45(27-40)63(66)67)56-29-34-14-18-62(19-15-34)47(64)32-59(4)5/h6-11,13,17,24-27,30,34,56H,12,14-16,18-23,28-29,31-32H2,1-5H3,(H,55,57)(H,58,65). The first-order chi connectivity index (χ1) is 33.6. The van der Waals surface area contributed by atoms with Crippen molar-refractivity contribution in [2.45, 2.75) is 63.9 Å². The lowest BCUT2D eigenvalue weighted by atomic mass is 9.72. The minimum absolute atomic E-state index is 0.00306. The molecule has 3 aliphatic rings. The summed E-state index contributed by atoms with van der Waals surface area (Å²) in [5, 5.41) is 16.1. The molecule has 3 aromatic carbocycles. The van der Waals surface area contributed by atoms with Crippen LogP contribution in [0.5, 0.6) is 11.5 Å². The topological polar surface area (TPSA) is 186 Å². The van der Waals surface area contributed by atoms with Gasteiger partial charge < -0.3 is 29.7 Å². The van der Waals surface area contributed by atoms with Gasteiger partial charge in [0.25, 0.3) is 21.6 Å². The van der Waals surface area contributed by atoms with Crippen molar-refractivity contribution in [1.29, 1.82) is 0 Å². The highest BCUT2D eigenvalue weighted by Crippen LogP contribution is 2.45. The maximum atomic E-state index is 14.0. The van der Waals surface area contributed by atoms with Crippen molar-refractivity contribution < 1.29 is 40.8 Å². The molecule has 378 valence electrons. The molecule has 2 aromatic heterocycles. The molecule has 20 heteroatoms. The number of pyridine rings is 1. The van der Waals surface area contributed by atoms with Crippen molar-refractivity contribution in [3.63, 3.8) is 0 Å². The molecule has 5 aromatic rings. The summed E-state index contributed by atoms with van der Waals surface area (Å²) in [5.74, 6) is -0.492. The lowest BCUT2D eigenvalue weighted by molar-refractivity contribution is -0.384. The molecular formula is C51H60F3N9O7S. The van der Waals surface area contributed by atoms with Crippen LogP contribution in [0.1, 0.15) is 73.0 Å². The molecule has 2 saturated heterocycles. The zero-order valence-electron chi connectivity index (χ0n) is 40.6. The van der Waals surface area contributed by atoms with Crippen LogP contribution in [0.3, 0.4) is 0 Å². The number of benzene rings is 3. The van der Waals surface area contributed by atoms with Gasteiger partial charge in [-0.1, -0.05) is 25.5 Å². The largest absolute Gasteiger partial charge is 0.455 e. The number of rotatable bonds is 15. The molecule has 8 rings (SSSR count). The van der Waals surface area contributed by atoms with Gasteiger partial charge in [-0.2, -0.15) is 13.2 Å². The predicted molar refractivity (Wildman–Crippen MR) is 266 cm³/mol. The van der Waals surface area contributed by atoms with E-state index in [0.717, 1.165) is 47.5 Å². The maximum absolute atomic E-state index is 14.0. The molecule has 3 N–H and O–H groups in total. The van der Waals surface area contributed by atoms with Gasteiger partial charge in [0.05, 0.1) is 33.7 Å². The number of likely N-dealkylation sites (tertiary alicyclic amines) is 1. The number of nitrogens with one attached hydrogen (secondary N) is 3. The number of amides is 2. The number of aromatic amines is 1. The summed E-state index contributed by atoms with van der Waals surface area (Å²) in [7, 11) is -0.979. The summed E-state index contributed by atoms with van der Waals surface area (Å²) < 4.78 is 76.7. The second kappa shape index (κ2) is 20.7. The Bertz CT molecular complexity index is 2960. The summed E-state index contributed by atoms with van der Waals surface area (Å²) in [6.07, 6.45) is 2.77. The van der Waals surface area contributed by atoms with Crippen LogP contribution in [0.25, 0.3) is 16.6 Å². The van der Waals surface area contributed by atoms with Crippen molar-refractivity contribution in [2.24, 2.45) is 11.3 Å². The zero-order valence-corrected chi connectivity index (χ0v) is 41.4. The van der Waals surface area contributed by atoms with E-state index in [9.17, 15) is 41.3 Å². The van der Waals surface area contributed by atoms with Crippen molar-refractivity contribution in [3.8, 4) is 11.5 Å². The Morgan fingerprint density at radius 1 is 0.986 bits per heavy atom. The number of aromatic nitrogens is 2. The maximum Gasteiger partial charge on any atom is 0.416 e. The molecule has 0 radical (unpaired) electrons. The number of fused-ring (bicyclic) bond motifs is 1. The molecule has 0 bridgehead atoms. The van der Waals surface area contributed by atoms with E-state index in [2.05, 4.69) is 43.7 Å². The van der Waals surface area contributed by atoms with Crippen LogP contribution >= 0.6 is 0 Å². The average Bonchev–Trinajstić information content (AvgIpc) is 3.79. The summed E-state index contributed by atoms with van der Waals surface area (Å²) in [4.78, 5) is 53.2. The molecule has 0 spiro atoms. The molecule has 16 nitrogen and oxygen atoms in total. The predicted octanol–water partition coefficient (Wildman–Crippen LogP) is 8.71. The van der Waals surface area contributed by atoms with Gasteiger partial charge in [-0.3, -0.25) is 24.6 Å². The summed E-state index contributed by atoms with van der Waals surface area (Å²) >= 11 is 0. The number of H-pyrrole nitrogens is 1. The number of anilines is 2. The van der Waals surface area contributed by atoms with Gasteiger partial charge in [0.1, 0.15) is 22.8 Å². The van der Waals surface area contributed by atoms with Crippen LogP contribution in [0.4, 0.5) is 30.2 Å². The number of nitro groups is 1. The van der Waals surface area contributed by atoms with E-state index in [4.69, 9.17) is 4.74 Å². The summed E-state index contributed by atoms with van der Waals surface area (Å²) in [6.45, 7) is 11.2. The van der Waals surface area contributed by atoms with Gasteiger partial charge in [0.2, 0.25) is 5.91 Å². The van der Waals surface area contributed by atoms with Gasteiger partial charge in [0, 0.05) is 81.8 Å². The molecule has 2 aliphatic heterocycles. The number of piperazine rings is 1. The SMILES string of the molecule is Cc1cc(C(F)(F)F)ccc1C1=C(CN2CCN(c3ccc(C(=O)NS(=O)(=O)c4ccc(NCC5CCN(C(=O)CN(C)C)CC5)c([N+](=O)[O-])c4)c(Oc4cnc5[nH]ccc5c4)c3)CC2)CCC(C)(C)C1. The van der Waals surface area contributed by atoms with Gasteiger partial charge in [-0.15, -0.1) is 0 Å². The highest BCUT2D eigenvalue weighted by Gasteiger charge is 2.34. The highest BCUT2D eigenvalue weighted by atomic mass is 32.2. The van der Waals surface area contributed by atoms with Crippen LogP contribution in [0.2, 0.25) is 0 Å². The third kappa shape index (κ3) is 12.2. The number of aryl methyl sites for hydroxylation is 1. The Morgan fingerprint density at radius 3 is 2.42 bits per heavy atom. The number of nitrogens with zero attached hydrogens (tertiary/aromatic N) is 6. The molecule has 2 amide bonds. The number of carbonyl (C=O) groups is 2. The van der Waals surface area contributed by atoms with Crippen LogP contribution in [0.15, 0.2) is 89.6 Å². The van der Waals surface area contributed by atoms with Gasteiger partial charge in [0.15, 0.2) is 0 Å². The van der Waals surface area contributed by atoms with Gasteiger partial charge in [-0.25, -0.2) is 18.1 Å². The van der Waals surface area contributed by atoms with Crippen molar-refractivity contribution in [3.05, 3.63) is 117 Å². The smallest absolute Gasteiger partial charge is 0.416 e. The Kier molecular flexibility index (Phi) is 14.8. The third-order valence-electron chi connectivity index (χ3n) is 13.7. The number of alkyl halides is 3. The fourth-order valence-electron chi connectivity index (χ4n) is 9.71. The van der Waals surface area contributed by atoms with E-state index in [1.54, 1.807) is 37.4 Å². The molecule has 0 atom stereocenters. The summed E-state index contributed by atoms with van der Waals surface area (Å²) in [5.41, 5.74) is 4.03. The Morgan fingerprint density at radius 2 is 1.73 bits per heavy atom. The number of hydrogen-bond donors (Lipinski definition) is 3. The fraction of sp³-hybridized carbons (Fsp3) is 0.431. The van der Waals surface area contributed by atoms with Gasteiger partial charge in [-0.05, 0) is 130 Å². The monoisotopic (exact) mass is 999 g/mol. The van der Waals surface area contributed by atoms with E-state index in [-0.39, 0.29) is 34.2 Å². The van der Waals surface area contributed by atoms with E-state index in [1.165, 1.54) is 42.1 Å². The Labute approximate surface area is 411 Å².